The van der Waals surface area contributed by atoms with Crippen molar-refractivity contribution in [3.8, 4) is 0 Å². The summed E-state index contributed by atoms with van der Waals surface area (Å²) in [5.74, 6) is 0.651. The Kier molecular flexibility index (Phi) is 4.76. The summed E-state index contributed by atoms with van der Waals surface area (Å²) in [4.78, 5) is 6.31. The van der Waals surface area contributed by atoms with Crippen LogP contribution in [0.15, 0.2) is 48.5 Å². The average molecular weight is 336 g/mol. The maximum Gasteiger partial charge on any atom is 0.229 e. The molecular weight excluding hydrogens is 316 g/mol. The van der Waals surface area contributed by atoms with Crippen molar-refractivity contribution < 1.29 is 5.11 Å². The molecule has 0 saturated carbocycles. The van der Waals surface area contributed by atoms with Crippen molar-refractivity contribution >= 4 is 34.4 Å². The van der Waals surface area contributed by atoms with Crippen molar-refractivity contribution in [2.24, 2.45) is 0 Å². The van der Waals surface area contributed by atoms with Crippen LogP contribution in [0.2, 0.25) is 0 Å². The van der Waals surface area contributed by atoms with Gasteiger partial charge in [-0.15, -0.1) is 0 Å². The largest absolute Gasteiger partial charge is 0.395 e. The van der Waals surface area contributed by atoms with E-state index in [2.05, 4.69) is 10.3 Å². The summed E-state index contributed by atoms with van der Waals surface area (Å²) >= 11 is 0. The molecule has 0 saturated heterocycles. The normalized spacial score (nSPS) is 10.6. The Labute approximate surface area is 145 Å². The Bertz CT molecular complexity index is 951. The lowest BCUT2D eigenvalue weighted by molar-refractivity contribution is 0.311. The molecule has 25 heavy (non-hydrogen) atoms. The molecule has 1 aromatic heterocycles. The highest BCUT2D eigenvalue weighted by molar-refractivity contribution is 5.95. The van der Waals surface area contributed by atoms with Crippen LogP contribution in [-0.2, 0) is 0 Å². The van der Waals surface area contributed by atoms with E-state index in [1.54, 1.807) is 0 Å². The summed E-state index contributed by atoms with van der Waals surface area (Å²) in [7, 11) is 1.91. The van der Waals surface area contributed by atoms with Gasteiger partial charge >= 0.3 is 0 Å². The fourth-order valence-corrected chi connectivity index (χ4v) is 2.72. The number of hydrogen-bond donors (Lipinski definition) is 4. The first-order chi connectivity index (χ1) is 12.2. The molecule has 3 aromatic rings. The molecule has 7 nitrogen and oxygen atoms in total. The van der Waals surface area contributed by atoms with Gasteiger partial charge in [-0.05, 0) is 30.3 Å². The van der Waals surface area contributed by atoms with Crippen molar-refractivity contribution in [1.29, 1.82) is 10.8 Å². The number of nitrogens with one attached hydrogen (secondary N) is 3. The third-order valence-corrected chi connectivity index (χ3v) is 3.97. The monoisotopic (exact) mass is 336 g/mol. The van der Waals surface area contributed by atoms with Crippen molar-refractivity contribution in [3.63, 3.8) is 0 Å². The first kappa shape index (κ1) is 16.7. The molecular formula is C18H20N6O. The van der Waals surface area contributed by atoms with Crippen LogP contribution in [0.4, 0.5) is 17.2 Å². The summed E-state index contributed by atoms with van der Waals surface area (Å²) in [5, 5.41) is 28.7. The van der Waals surface area contributed by atoms with Gasteiger partial charge in [-0.25, -0.2) is 0 Å². The van der Waals surface area contributed by atoms with Gasteiger partial charge in [-0.1, -0.05) is 18.2 Å². The molecule has 4 N–H and O–H groups in total. The van der Waals surface area contributed by atoms with Crippen LogP contribution in [0.25, 0.3) is 10.9 Å². The predicted molar refractivity (Wildman–Crippen MR) is 99.8 cm³/mol. The zero-order valence-corrected chi connectivity index (χ0v) is 13.9. The lowest BCUT2D eigenvalue weighted by atomic mass is 10.2. The first-order valence-corrected chi connectivity index (χ1v) is 7.90. The Morgan fingerprint density at radius 3 is 2.68 bits per heavy atom. The Morgan fingerprint density at radius 1 is 1.24 bits per heavy atom. The van der Waals surface area contributed by atoms with Crippen LogP contribution in [0.5, 0.6) is 0 Å². The molecule has 0 aliphatic heterocycles. The van der Waals surface area contributed by atoms with E-state index in [0.29, 0.717) is 17.9 Å². The lowest BCUT2D eigenvalue weighted by Crippen LogP contribution is -2.26. The van der Waals surface area contributed by atoms with E-state index in [4.69, 9.17) is 15.9 Å². The third kappa shape index (κ3) is 3.22. The highest BCUT2D eigenvalue weighted by Crippen LogP contribution is 2.29. The van der Waals surface area contributed by atoms with Crippen LogP contribution in [0, 0.1) is 10.8 Å². The van der Waals surface area contributed by atoms with Gasteiger partial charge in [0.25, 0.3) is 0 Å². The van der Waals surface area contributed by atoms with Gasteiger partial charge in [0.15, 0.2) is 0 Å². The number of nitrogens with zero attached hydrogens (tertiary/aromatic N) is 3. The highest BCUT2D eigenvalue weighted by atomic mass is 16.3. The zero-order chi connectivity index (χ0) is 17.8. The number of fused-ring (bicyclic) bond motifs is 1. The third-order valence-electron chi connectivity index (χ3n) is 3.97. The minimum Gasteiger partial charge on any atom is -0.395 e. The fraction of sp³-hybridized carbons (Fsp3) is 0.167. The second-order valence-electron chi connectivity index (χ2n) is 5.53. The van der Waals surface area contributed by atoms with Crippen molar-refractivity contribution in [1.82, 2.24) is 9.55 Å². The summed E-state index contributed by atoms with van der Waals surface area (Å²) in [6.45, 7) is 0.469. The Hall–Kier alpha value is -3.19. The standard InChI is InChI=1S/C18H20N6O/c1-23(14-5-3-2-4-6-14)17-15-8-7-13(21-9-10-25)11-16(15)24(12-19)18(20)22-17/h2-8,11-12,19-21,25H,9-10H2,1H3. The molecule has 0 spiro atoms. The van der Waals surface area contributed by atoms with Gasteiger partial charge in [0.2, 0.25) is 5.62 Å². The molecule has 0 radical (unpaired) electrons. The maximum atomic E-state index is 8.98. The molecule has 0 fully saturated rings. The van der Waals surface area contributed by atoms with Crippen molar-refractivity contribution in [2.45, 2.75) is 0 Å². The molecule has 0 atom stereocenters. The number of anilines is 3. The summed E-state index contributed by atoms with van der Waals surface area (Å²) in [5.41, 5.74) is 2.47. The molecule has 2 aromatic carbocycles. The Morgan fingerprint density at radius 2 is 2.00 bits per heavy atom. The number of benzene rings is 2. The number of aromatic nitrogens is 2. The first-order valence-electron chi connectivity index (χ1n) is 7.90. The van der Waals surface area contributed by atoms with Crippen molar-refractivity contribution in [3.05, 3.63) is 54.1 Å². The molecule has 0 aliphatic rings. The number of hydrogen-bond acceptors (Lipinski definition) is 6. The minimum absolute atomic E-state index is 0.0143. The van der Waals surface area contributed by atoms with Gasteiger partial charge in [0.05, 0.1) is 18.5 Å². The minimum atomic E-state index is -0.0143. The van der Waals surface area contributed by atoms with Crippen LogP contribution in [-0.4, -0.2) is 41.2 Å². The second kappa shape index (κ2) is 7.14. The number of para-hydroxylation sites is 1. The van der Waals surface area contributed by atoms with Gasteiger partial charge in [-0.3, -0.25) is 15.4 Å². The molecule has 0 unspecified atom stereocenters. The van der Waals surface area contributed by atoms with E-state index >= 15 is 0 Å². The summed E-state index contributed by atoms with van der Waals surface area (Å²) in [6, 6.07) is 15.5. The second-order valence-corrected chi connectivity index (χ2v) is 5.53. The Balaban J connectivity index is 2.20. The quantitative estimate of drug-likeness (QED) is 0.409. The SMILES string of the molecule is CN(c1ccccc1)c1nc(=N)n(C=N)c2cc(NCCO)ccc12. The predicted octanol–water partition coefficient (Wildman–Crippen LogP) is 2.14. The van der Waals surface area contributed by atoms with Gasteiger partial charge in [0.1, 0.15) is 5.82 Å². The van der Waals surface area contributed by atoms with E-state index in [1.807, 2.05) is 60.5 Å². The van der Waals surface area contributed by atoms with Gasteiger partial charge < -0.3 is 15.3 Å². The number of aliphatic hydroxyl groups excluding tert-OH is 1. The van der Waals surface area contributed by atoms with Crippen LogP contribution >= 0.6 is 0 Å². The van der Waals surface area contributed by atoms with Gasteiger partial charge in [0, 0.05) is 30.4 Å². The fourth-order valence-electron chi connectivity index (χ4n) is 2.72. The van der Waals surface area contributed by atoms with Crippen LogP contribution in [0.3, 0.4) is 0 Å². The summed E-state index contributed by atoms with van der Waals surface area (Å²) in [6.07, 6.45) is 1.08. The topological polar surface area (TPSA) is 101 Å². The van der Waals surface area contributed by atoms with E-state index in [1.165, 1.54) is 4.57 Å². The van der Waals surface area contributed by atoms with Gasteiger partial charge in [-0.2, -0.15) is 4.98 Å². The molecule has 0 amide bonds. The molecule has 0 aliphatic carbocycles. The van der Waals surface area contributed by atoms with E-state index in [9.17, 15) is 0 Å². The highest BCUT2D eigenvalue weighted by Gasteiger charge is 2.13. The number of rotatable bonds is 6. The van der Waals surface area contributed by atoms with E-state index in [-0.39, 0.29) is 12.2 Å². The van der Waals surface area contributed by atoms with Crippen LogP contribution < -0.4 is 15.8 Å². The molecule has 128 valence electrons. The molecule has 7 heteroatoms. The zero-order valence-electron chi connectivity index (χ0n) is 13.9. The molecule has 3 rings (SSSR count). The van der Waals surface area contributed by atoms with E-state index in [0.717, 1.165) is 23.1 Å². The number of aliphatic hydroxyl groups is 1. The average Bonchev–Trinajstić information content (AvgIpc) is 2.65. The smallest absolute Gasteiger partial charge is 0.229 e. The lowest BCUT2D eigenvalue weighted by Gasteiger charge is -2.21. The van der Waals surface area contributed by atoms with Crippen molar-refractivity contribution in [2.75, 3.05) is 30.4 Å². The molecule has 0 bridgehead atoms. The van der Waals surface area contributed by atoms with E-state index < -0.39 is 0 Å². The van der Waals surface area contributed by atoms with Crippen LogP contribution in [0.1, 0.15) is 0 Å². The molecule has 1 heterocycles. The summed E-state index contributed by atoms with van der Waals surface area (Å²) < 4.78 is 1.42. The maximum absolute atomic E-state index is 8.98.